The number of nitrogens with zero attached hydrogens (tertiary/aromatic N) is 1. The van der Waals surface area contributed by atoms with Crippen LogP contribution < -0.4 is 14.4 Å². The predicted octanol–water partition coefficient (Wildman–Crippen LogP) is 3.80. The molecule has 1 amide bonds. The molecule has 2 rings (SSSR count). The summed E-state index contributed by atoms with van der Waals surface area (Å²) in [4.78, 5) is 12.7. The van der Waals surface area contributed by atoms with E-state index in [2.05, 4.69) is 5.32 Å². The molecule has 26 heavy (non-hydrogen) atoms. The molecule has 0 aliphatic heterocycles. The van der Waals surface area contributed by atoms with E-state index in [1.54, 1.807) is 24.3 Å². The van der Waals surface area contributed by atoms with Gasteiger partial charge in [0.1, 0.15) is 11.8 Å². The van der Waals surface area contributed by atoms with E-state index >= 15 is 0 Å². The zero-order valence-corrected chi connectivity index (χ0v) is 16.7. The number of carbonyl (C=O) groups is 1. The van der Waals surface area contributed by atoms with Crippen LogP contribution in [0.15, 0.2) is 42.5 Å². The van der Waals surface area contributed by atoms with Gasteiger partial charge in [-0.1, -0.05) is 23.2 Å². The molecule has 0 saturated carbocycles. The lowest BCUT2D eigenvalue weighted by Crippen LogP contribution is -2.45. The third-order valence-electron chi connectivity index (χ3n) is 3.59. The average Bonchev–Trinajstić information content (AvgIpc) is 2.55. The van der Waals surface area contributed by atoms with Crippen LogP contribution in [0.25, 0.3) is 0 Å². The Labute approximate surface area is 162 Å². The minimum absolute atomic E-state index is 0.331. The highest BCUT2D eigenvalue weighted by atomic mass is 35.5. The van der Waals surface area contributed by atoms with Crippen LogP contribution in [0, 0.1) is 0 Å². The number of rotatable bonds is 6. The summed E-state index contributed by atoms with van der Waals surface area (Å²) >= 11 is 11.8. The van der Waals surface area contributed by atoms with Crippen LogP contribution in [-0.2, 0) is 14.8 Å². The number of methoxy groups -OCH3 is 1. The largest absolute Gasteiger partial charge is 0.495 e. The summed E-state index contributed by atoms with van der Waals surface area (Å²) in [5, 5.41) is 3.53. The first-order chi connectivity index (χ1) is 12.1. The fraction of sp³-hybridized carbons (Fsp3) is 0.235. The molecular formula is C17H18Cl2N2O4S. The number of sulfonamides is 1. The number of hydrogen-bond acceptors (Lipinski definition) is 4. The van der Waals surface area contributed by atoms with Crippen molar-refractivity contribution < 1.29 is 17.9 Å². The standard InChI is InChI=1S/C17H18Cl2N2O4S/c1-11(17(22)20-15-10-13(19)6-9-16(15)25-2)21(26(3,23)24)14-7-4-12(18)5-8-14/h4-11H,1-3H3,(H,20,22)/t11-/m1/s1. The van der Waals surface area contributed by atoms with Gasteiger partial charge in [-0.3, -0.25) is 9.10 Å². The van der Waals surface area contributed by atoms with Gasteiger partial charge in [0.2, 0.25) is 15.9 Å². The number of ether oxygens (including phenoxy) is 1. The Hall–Kier alpha value is -1.96. The third-order valence-corrected chi connectivity index (χ3v) is 5.32. The van der Waals surface area contributed by atoms with E-state index in [9.17, 15) is 13.2 Å². The topological polar surface area (TPSA) is 75.7 Å². The van der Waals surface area contributed by atoms with Crippen LogP contribution >= 0.6 is 23.2 Å². The number of hydrogen-bond donors (Lipinski definition) is 1. The summed E-state index contributed by atoms with van der Waals surface area (Å²) in [5.41, 5.74) is 0.680. The maximum absolute atomic E-state index is 12.7. The molecule has 0 aliphatic carbocycles. The molecule has 6 nitrogen and oxygen atoms in total. The maximum atomic E-state index is 12.7. The van der Waals surface area contributed by atoms with Crippen LogP contribution in [0.2, 0.25) is 10.0 Å². The van der Waals surface area contributed by atoms with E-state index < -0.39 is 22.0 Å². The highest BCUT2D eigenvalue weighted by Gasteiger charge is 2.29. The zero-order chi connectivity index (χ0) is 19.5. The fourth-order valence-corrected chi connectivity index (χ4v) is 3.88. The van der Waals surface area contributed by atoms with Crippen LogP contribution in [-0.4, -0.2) is 33.7 Å². The minimum Gasteiger partial charge on any atom is -0.495 e. The molecule has 0 bridgehead atoms. The van der Waals surface area contributed by atoms with E-state index in [-0.39, 0.29) is 0 Å². The maximum Gasteiger partial charge on any atom is 0.248 e. The van der Waals surface area contributed by atoms with Gasteiger partial charge in [-0.25, -0.2) is 8.42 Å². The molecule has 0 saturated heterocycles. The number of amides is 1. The molecule has 0 aliphatic rings. The Morgan fingerprint density at radius 1 is 1.12 bits per heavy atom. The van der Waals surface area contributed by atoms with Crippen molar-refractivity contribution in [1.29, 1.82) is 0 Å². The lowest BCUT2D eigenvalue weighted by atomic mass is 10.2. The molecule has 9 heteroatoms. The van der Waals surface area contributed by atoms with Crippen molar-refractivity contribution >= 4 is 50.5 Å². The summed E-state index contributed by atoms with van der Waals surface area (Å²) in [5.74, 6) is -0.127. The Morgan fingerprint density at radius 3 is 2.23 bits per heavy atom. The lowest BCUT2D eigenvalue weighted by Gasteiger charge is -2.28. The quantitative estimate of drug-likeness (QED) is 0.776. The summed E-state index contributed by atoms with van der Waals surface area (Å²) in [6.45, 7) is 1.49. The molecule has 1 atom stereocenters. The van der Waals surface area contributed by atoms with E-state index in [0.717, 1.165) is 10.6 Å². The van der Waals surface area contributed by atoms with Gasteiger partial charge >= 0.3 is 0 Å². The first-order valence-corrected chi connectivity index (χ1v) is 10.1. The molecular weight excluding hydrogens is 399 g/mol. The SMILES string of the molecule is COc1ccc(Cl)cc1NC(=O)[C@@H](C)N(c1ccc(Cl)cc1)S(C)(=O)=O. The van der Waals surface area contributed by atoms with Gasteiger partial charge < -0.3 is 10.1 Å². The lowest BCUT2D eigenvalue weighted by molar-refractivity contribution is -0.116. The van der Waals surface area contributed by atoms with Crippen molar-refractivity contribution in [3.05, 3.63) is 52.5 Å². The molecule has 2 aromatic carbocycles. The number of anilines is 2. The second kappa shape index (κ2) is 8.16. The molecule has 0 fully saturated rings. The molecule has 0 aromatic heterocycles. The summed E-state index contributed by atoms with van der Waals surface area (Å²) < 4.78 is 30.7. The van der Waals surface area contributed by atoms with Crippen molar-refractivity contribution in [3.8, 4) is 5.75 Å². The first-order valence-electron chi connectivity index (χ1n) is 7.53. The van der Waals surface area contributed by atoms with Crippen molar-refractivity contribution in [2.75, 3.05) is 23.0 Å². The summed E-state index contributed by atoms with van der Waals surface area (Å²) in [6, 6.07) is 9.92. The van der Waals surface area contributed by atoms with E-state index in [0.29, 0.717) is 27.2 Å². The molecule has 2 aromatic rings. The second-order valence-electron chi connectivity index (χ2n) is 5.55. The van der Waals surface area contributed by atoms with Gasteiger partial charge in [0.05, 0.1) is 24.7 Å². The van der Waals surface area contributed by atoms with Crippen LogP contribution in [0.5, 0.6) is 5.75 Å². The van der Waals surface area contributed by atoms with E-state index in [1.807, 2.05) is 0 Å². The van der Waals surface area contributed by atoms with Crippen LogP contribution in [0.4, 0.5) is 11.4 Å². The Morgan fingerprint density at radius 2 is 1.69 bits per heavy atom. The second-order valence-corrected chi connectivity index (χ2v) is 8.28. The van der Waals surface area contributed by atoms with E-state index in [1.165, 1.54) is 32.2 Å². The summed E-state index contributed by atoms with van der Waals surface area (Å²) in [6.07, 6.45) is 1.03. The Bertz CT molecular complexity index is 901. The predicted molar refractivity (Wildman–Crippen MR) is 105 cm³/mol. The van der Waals surface area contributed by atoms with Gasteiger partial charge in [-0.2, -0.15) is 0 Å². The van der Waals surface area contributed by atoms with Crippen LogP contribution in [0.3, 0.4) is 0 Å². The van der Waals surface area contributed by atoms with Gasteiger partial charge in [0.25, 0.3) is 0 Å². The number of halogens is 2. The molecule has 0 spiro atoms. The highest BCUT2D eigenvalue weighted by Crippen LogP contribution is 2.29. The molecule has 0 heterocycles. The Kier molecular flexibility index (Phi) is 6.39. The minimum atomic E-state index is -3.72. The number of benzene rings is 2. The van der Waals surface area contributed by atoms with Crippen molar-refractivity contribution in [3.63, 3.8) is 0 Å². The average molecular weight is 417 g/mol. The van der Waals surface area contributed by atoms with Gasteiger partial charge in [0, 0.05) is 10.0 Å². The summed E-state index contributed by atoms with van der Waals surface area (Å²) in [7, 11) is -2.26. The van der Waals surface area contributed by atoms with Crippen molar-refractivity contribution in [1.82, 2.24) is 0 Å². The smallest absolute Gasteiger partial charge is 0.248 e. The molecule has 1 N–H and O–H groups in total. The first kappa shape index (κ1) is 20.4. The molecule has 0 radical (unpaired) electrons. The fourth-order valence-electron chi connectivity index (χ4n) is 2.41. The molecule has 140 valence electrons. The van der Waals surface area contributed by atoms with Crippen molar-refractivity contribution in [2.45, 2.75) is 13.0 Å². The van der Waals surface area contributed by atoms with Crippen LogP contribution in [0.1, 0.15) is 6.92 Å². The zero-order valence-electron chi connectivity index (χ0n) is 14.4. The number of nitrogens with one attached hydrogen (secondary N) is 1. The normalized spacial score (nSPS) is 12.3. The van der Waals surface area contributed by atoms with Crippen molar-refractivity contribution in [2.24, 2.45) is 0 Å². The third kappa shape index (κ3) is 4.81. The Balaban J connectivity index is 2.34. The van der Waals surface area contributed by atoms with Gasteiger partial charge in [0.15, 0.2) is 0 Å². The number of carbonyl (C=O) groups excluding carboxylic acids is 1. The van der Waals surface area contributed by atoms with Gasteiger partial charge in [-0.15, -0.1) is 0 Å². The van der Waals surface area contributed by atoms with E-state index in [4.69, 9.17) is 27.9 Å². The highest BCUT2D eigenvalue weighted by molar-refractivity contribution is 7.92. The molecule has 0 unspecified atom stereocenters. The monoisotopic (exact) mass is 416 g/mol. The van der Waals surface area contributed by atoms with Gasteiger partial charge in [-0.05, 0) is 49.4 Å².